The number of carbonyl (C=O) groups is 4. The molecule has 0 spiro atoms. The fourth-order valence-corrected chi connectivity index (χ4v) is 13.1. The summed E-state index contributed by atoms with van der Waals surface area (Å²) in [7, 11) is -9.90. The molecule has 0 aliphatic heterocycles. The van der Waals surface area contributed by atoms with E-state index in [2.05, 4.69) is 41.5 Å². The van der Waals surface area contributed by atoms with Crippen LogP contribution in [0.3, 0.4) is 0 Å². The van der Waals surface area contributed by atoms with Gasteiger partial charge in [-0.15, -0.1) is 0 Å². The second-order valence-corrected chi connectivity index (χ2v) is 30.9. The predicted octanol–water partition coefficient (Wildman–Crippen LogP) is 21.9. The van der Waals surface area contributed by atoms with Gasteiger partial charge in [-0.3, -0.25) is 37.3 Å². The number of rotatable bonds is 74. The molecular weight excluding hydrogens is 1230 g/mol. The summed E-state index contributed by atoms with van der Waals surface area (Å²) in [6.07, 6.45) is 54.6. The lowest BCUT2D eigenvalue weighted by Crippen LogP contribution is -2.30. The van der Waals surface area contributed by atoms with Gasteiger partial charge in [0.2, 0.25) is 0 Å². The summed E-state index contributed by atoms with van der Waals surface area (Å²) >= 11 is 0. The van der Waals surface area contributed by atoms with Crippen LogP contribution in [0.15, 0.2) is 0 Å². The maximum absolute atomic E-state index is 13.1. The van der Waals surface area contributed by atoms with Crippen molar-refractivity contribution in [2.75, 3.05) is 39.6 Å². The van der Waals surface area contributed by atoms with Crippen molar-refractivity contribution in [3.8, 4) is 0 Å². The van der Waals surface area contributed by atoms with E-state index in [1.807, 2.05) is 0 Å². The van der Waals surface area contributed by atoms with Crippen molar-refractivity contribution in [3.63, 3.8) is 0 Å². The van der Waals surface area contributed by atoms with Gasteiger partial charge < -0.3 is 33.8 Å². The second kappa shape index (κ2) is 66.9. The first kappa shape index (κ1) is 92.1. The molecular formula is C75H146O17P2. The number of unbranched alkanes of at least 4 members (excludes halogenated alkanes) is 44. The highest BCUT2D eigenvalue weighted by atomic mass is 31.2. The number of esters is 4. The summed E-state index contributed by atoms with van der Waals surface area (Å²) in [5, 5.41) is 10.6. The van der Waals surface area contributed by atoms with E-state index >= 15 is 0 Å². The highest BCUT2D eigenvalue weighted by molar-refractivity contribution is 7.47. The lowest BCUT2D eigenvalue weighted by Gasteiger charge is -2.21. The van der Waals surface area contributed by atoms with E-state index in [-0.39, 0.29) is 25.7 Å². The van der Waals surface area contributed by atoms with Crippen LogP contribution >= 0.6 is 15.6 Å². The van der Waals surface area contributed by atoms with E-state index in [0.29, 0.717) is 25.7 Å². The molecule has 2 unspecified atom stereocenters. The standard InChI is InChI=1S/C75H146O17P2/c1-7-9-11-13-14-15-16-17-18-19-20-21-22-23-24-25-30-36-41-47-53-59-75(80)92-71(64-86-73(78)58-52-46-40-35-29-27-26-28-33-38-44-49-55-67(3)4)66-90-94(83,84)88-62-69(76)61-87-93(81,82)89-65-70(63-85-72(77)57-51-43-12-10-8-2)91-74(79)60-54-48-42-37-32-31-34-39-45-50-56-68(5)6/h67-71,76H,7-66H2,1-6H3,(H,81,82)(H,83,84)/t69-,70+,71+/m0/s1. The van der Waals surface area contributed by atoms with Crippen molar-refractivity contribution in [2.45, 2.75) is 407 Å². The van der Waals surface area contributed by atoms with Gasteiger partial charge in [-0.1, -0.05) is 337 Å². The van der Waals surface area contributed by atoms with E-state index in [4.69, 9.17) is 37.0 Å². The Bertz CT molecular complexity index is 1820. The molecule has 19 heteroatoms. The average molecular weight is 1380 g/mol. The van der Waals surface area contributed by atoms with Gasteiger partial charge in [-0.25, -0.2) is 9.13 Å². The van der Waals surface area contributed by atoms with Crippen LogP contribution in [-0.2, 0) is 65.4 Å². The Morgan fingerprint density at radius 1 is 0.287 bits per heavy atom. The maximum Gasteiger partial charge on any atom is 0.472 e. The third kappa shape index (κ3) is 68.6. The summed E-state index contributed by atoms with van der Waals surface area (Å²) in [6.45, 7) is 9.50. The zero-order valence-corrected chi connectivity index (χ0v) is 63.1. The lowest BCUT2D eigenvalue weighted by atomic mass is 10.0. The van der Waals surface area contributed by atoms with Crippen LogP contribution in [0, 0.1) is 11.8 Å². The molecule has 0 amide bonds. The Morgan fingerprint density at radius 3 is 0.723 bits per heavy atom. The van der Waals surface area contributed by atoms with Gasteiger partial charge in [0.05, 0.1) is 26.4 Å². The number of carbonyl (C=O) groups excluding carboxylic acids is 4. The zero-order valence-electron chi connectivity index (χ0n) is 61.3. The van der Waals surface area contributed by atoms with Gasteiger partial charge in [0.1, 0.15) is 19.3 Å². The Balaban J connectivity index is 5.12. The molecule has 0 aromatic carbocycles. The van der Waals surface area contributed by atoms with E-state index in [0.717, 1.165) is 108 Å². The molecule has 3 N–H and O–H groups in total. The molecule has 94 heavy (non-hydrogen) atoms. The lowest BCUT2D eigenvalue weighted by molar-refractivity contribution is -0.161. The summed E-state index contributed by atoms with van der Waals surface area (Å²) in [5.41, 5.74) is 0. The van der Waals surface area contributed by atoms with Gasteiger partial charge >= 0.3 is 39.5 Å². The molecule has 558 valence electrons. The van der Waals surface area contributed by atoms with Crippen LogP contribution in [-0.4, -0.2) is 96.7 Å². The smallest absolute Gasteiger partial charge is 0.462 e. The molecule has 0 heterocycles. The highest BCUT2D eigenvalue weighted by Gasteiger charge is 2.30. The third-order valence-corrected chi connectivity index (χ3v) is 19.4. The molecule has 0 aliphatic carbocycles. The van der Waals surface area contributed by atoms with E-state index in [1.54, 1.807) is 0 Å². The minimum absolute atomic E-state index is 0.105. The van der Waals surface area contributed by atoms with Crippen molar-refractivity contribution in [1.29, 1.82) is 0 Å². The maximum atomic E-state index is 13.1. The molecule has 0 bridgehead atoms. The molecule has 0 aromatic rings. The van der Waals surface area contributed by atoms with Crippen LogP contribution in [0.5, 0.6) is 0 Å². The molecule has 0 rings (SSSR count). The minimum atomic E-state index is -4.95. The summed E-state index contributed by atoms with van der Waals surface area (Å²) in [5.74, 6) is -0.595. The van der Waals surface area contributed by atoms with Crippen LogP contribution in [0.4, 0.5) is 0 Å². The predicted molar refractivity (Wildman–Crippen MR) is 381 cm³/mol. The quantitative estimate of drug-likeness (QED) is 0.0222. The van der Waals surface area contributed by atoms with Crippen molar-refractivity contribution >= 4 is 39.5 Å². The van der Waals surface area contributed by atoms with Crippen molar-refractivity contribution in [2.24, 2.45) is 11.8 Å². The number of ether oxygens (including phenoxy) is 4. The zero-order chi connectivity index (χ0) is 69.3. The number of phosphoric ester groups is 2. The summed E-state index contributed by atoms with van der Waals surface area (Å²) in [4.78, 5) is 72.5. The van der Waals surface area contributed by atoms with Crippen molar-refractivity contribution in [3.05, 3.63) is 0 Å². The van der Waals surface area contributed by atoms with Crippen LogP contribution < -0.4 is 0 Å². The van der Waals surface area contributed by atoms with E-state index in [1.165, 1.54) is 199 Å². The average Bonchev–Trinajstić information content (AvgIpc) is 1.69. The van der Waals surface area contributed by atoms with E-state index in [9.17, 15) is 43.2 Å². The van der Waals surface area contributed by atoms with E-state index < -0.39 is 97.5 Å². The molecule has 5 atom stereocenters. The number of hydrogen-bond acceptors (Lipinski definition) is 15. The molecule has 0 fully saturated rings. The molecule has 17 nitrogen and oxygen atoms in total. The third-order valence-electron chi connectivity index (χ3n) is 17.5. The monoisotopic (exact) mass is 1380 g/mol. The van der Waals surface area contributed by atoms with Crippen LogP contribution in [0.2, 0.25) is 0 Å². The molecule has 0 aliphatic rings. The van der Waals surface area contributed by atoms with Gasteiger partial charge in [0.15, 0.2) is 12.2 Å². The Kier molecular flexibility index (Phi) is 65.5. The van der Waals surface area contributed by atoms with Gasteiger partial charge in [0, 0.05) is 25.7 Å². The highest BCUT2D eigenvalue weighted by Crippen LogP contribution is 2.45. The molecule has 0 radical (unpaired) electrons. The first-order valence-electron chi connectivity index (χ1n) is 39.0. The van der Waals surface area contributed by atoms with Crippen molar-refractivity contribution < 1.29 is 80.2 Å². The number of aliphatic hydroxyl groups excluding tert-OH is 1. The minimum Gasteiger partial charge on any atom is -0.462 e. The topological polar surface area (TPSA) is 237 Å². The number of hydrogen-bond donors (Lipinski definition) is 3. The summed E-state index contributed by atoms with van der Waals surface area (Å²) < 4.78 is 68.3. The molecule has 0 saturated heterocycles. The Labute approximate surface area is 575 Å². The summed E-state index contributed by atoms with van der Waals surface area (Å²) in [6, 6.07) is 0. The molecule has 0 saturated carbocycles. The fraction of sp³-hybridized carbons (Fsp3) is 0.947. The normalized spacial score (nSPS) is 14.0. The first-order valence-corrected chi connectivity index (χ1v) is 42.0. The fourth-order valence-electron chi connectivity index (χ4n) is 11.5. The largest absolute Gasteiger partial charge is 0.472 e. The van der Waals surface area contributed by atoms with Crippen LogP contribution in [0.1, 0.15) is 388 Å². The van der Waals surface area contributed by atoms with Gasteiger partial charge in [-0.2, -0.15) is 0 Å². The SMILES string of the molecule is CCCCCCCCCCCCCCCCCCCCCCCC(=O)O[C@H](COC(=O)CCCCCCCCCCCCCCC(C)C)COP(=O)(O)OC[C@@H](O)COP(=O)(O)OC[C@@H](COC(=O)CCCCCCC)OC(=O)CCCCCCCCCCCCC(C)C. The molecule has 0 aromatic heterocycles. The van der Waals surface area contributed by atoms with Crippen LogP contribution in [0.25, 0.3) is 0 Å². The second-order valence-electron chi connectivity index (χ2n) is 28.0. The first-order chi connectivity index (χ1) is 45.4. The Hall–Kier alpha value is -1.94. The Morgan fingerprint density at radius 2 is 0.489 bits per heavy atom. The van der Waals surface area contributed by atoms with Gasteiger partial charge in [0.25, 0.3) is 0 Å². The van der Waals surface area contributed by atoms with Crippen molar-refractivity contribution in [1.82, 2.24) is 0 Å². The number of phosphoric acid groups is 2. The number of aliphatic hydroxyl groups is 1. The van der Waals surface area contributed by atoms with Gasteiger partial charge in [-0.05, 0) is 37.5 Å².